The van der Waals surface area contributed by atoms with Gasteiger partial charge in [0, 0.05) is 7.05 Å². The van der Waals surface area contributed by atoms with Gasteiger partial charge in [0.2, 0.25) is 5.88 Å². The maximum absolute atomic E-state index is 8.70. The van der Waals surface area contributed by atoms with E-state index in [9.17, 15) is 0 Å². The zero-order chi connectivity index (χ0) is 9.14. The molecule has 0 atom stereocenters. The van der Waals surface area contributed by atoms with Crippen LogP contribution in [0.2, 0.25) is 0 Å². The summed E-state index contributed by atoms with van der Waals surface area (Å²) < 4.78 is 6.68. The molecule has 1 aromatic heterocycles. The maximum atomic E-state index is 8.70. The summed E-state index contributed by atoms with van der Waals surface area (Å²) in [4.78, 5) is 0. The number of methoxy groups -OCH3 is 1. The highest BCUT2D eigenvalue weighted by atomic mass is 16.5. The Morgan fingerprint density at radius 1 is 1.67 bits per heavy atom. The molecule has 0 aromatic carbocycles. The monoisotopic (exact) mass is 165 g/mol. The van der Waals surface area contributed by atoms with Gasteiger partial charge in [-0.05, 0) is 6.42 Å². The lowest BCUT2D eigenvalue weighted by Crippen LogP contribution is -1.96. The number of hydrogen-bond donors (Lipinski definition) is 0. The first-order valence-corrected chi connectivity index (χ1v) is 3.74. The Labute approximate surface area is 71.4 Å². The van der Waals surface area contributed by atoms with Crippen molar-refractivity contribution < 1.29 is 4.74 Å². The van der Waals surface area contributed by atoms with Crippen LogP contribution >= 0.6 is 0 Å². The van der Waals surface area contributed by atoms with Crippen molar-refractivity contribution >= 4 is 0 Å². The first-order valence-electron chi connectivity index (χ1n) is 3.74. The van der Waals surface area contributed by atoms with E-state index in [0.29, 0.717) is 11.6 Å². The lowest BCUT2D eigenvalue weighted by atomic mass is 10.2. The van der Waals surface area contributed by atoms with E-state index in [4.69, 9.17) is 10.00 Å². The highest BCUT2D eigenvalue weighted by Crippen LogP contribution is 2.20. The molecule has 0 saturated heterocycles. The molecule has 0 N–H and O–H groups in total. The van der Waals surface area contributed by atoms with Gasteiger partial charge in [-0.2, -0.15) is 10.4 Å². The molecular formula is C8H11N3O. The molecule has 0 aliphatic rings. The largest absolute Gasteiger partial charge is 0.481 e. The number of hydrogen-bond acceptors (Lipinski definition) is 3. The Morgan fingerprint density at radius 2 is 2.33 bits per heavy atom. The Balaban J connectivity index is 3.28. The molecule has 0 fully saturated rings. The zero-order valence-corrected chi connectivity index (χ0v) is 7.46. The third-order valence-electron chi connectivity index (χ3n) is 1.74. The Morgan fingerprint density at radius 3 is 2.75 bits per heavy atom. The van der Waals surface area contributed by atoms with Gasteiger partial charge in [-0.3, -0.25) is 0 Å². The first kappa shape index (κ1) is 8.60. The van der Waals surface area contributed by atoms with Crippen molar-refractivity contribution in [2.75, 3.05) is 7.11 Å². The van der Waals surface area contributed by atoms with E-state index >= 15 is 0 Å². The maximum Gasteiger partial charge on any atom is 0.215 e. The minimum absolute atomic E-state index is 0.455. The molecule has 1 rings (SSSR count). The molecule has 64 valence electrons. The van der Waals surface area contributed by atoms with Crippen LogP contribution in [0.3, 0.4) is 0 Å². The fourth-order valence-corrected chi connectivity index (χ4v) is 1.22. The molecule has 12 heavy (non-hydrogen) atoms. The molecule has 0 aliphatic heterocycles. The molecule has 0 aliphatic carbocycles. The van der Waals surface area contributed by atoms with Crippen LogP contribution in [0, 0.1) is 11.3 Å². The van der Waals surface area contributed by atoms with Crippen LogP contribution in [-0.2, 0) is 13.5 Å². The quantitative estimate of drug-likeness (QED) is 0.653. The summed E-state index contributed by atoms with van der Waals surface area (Å²) in [5, 5.41) is 12.7. The fraction of sp³-hybridized carbons (Fsp3) is 0.500. The van der Waals surface area contributed by atoms with Gasteiger partial charge in [0.05, 0.1) is 12.7 Å². The molecule has 0 bridgehead atoms. The third-order valence-corrected chi connectivity index (χ3v) is 1.74. The molecular weight excluding hydrogens is 154 g/mol. The number of ether oxygens (including phenoxy) is 1. The predicted octanol–water partition coefficient (Wildman–Crippen LogP) is 0.863. The van der Waals surface area contributed by atoms with Crippen LogP contribution < -0.4 is 4.74 Å². The van der Waals surface area contributed by atoms with Crippen molar-refractivity contribution in [1.29, 1.82) is 5.26 Å². The molecule has 1 heterocycles. The molecule has 0 unspecified atom stereocenters. The SMILES string of the molecule is CCc1c(C#N)nn(C)c1OC. The van der Waals surface area contributed by atoms with Crippen LogP contribution in [0.15, 0.2) is 0 Å². The van der Waals surface area contributed by atoms with Crippen molar-refractivity contribution in [3.8, 4) is 11.9 Å². The topological polar surface area (TPSA) is 50.8 Å². The molecule has 0 amide bonds. The average molecular weight is 165 g/mol. The van der Waals surface area contributed by atoms with Gasteiger partial charge in [0.25, 0.3) is 0 Å². The highest BCUT2D eigenvalue weighted by Gasteiger charge is 2.13. The second kappa shape index (κ2) is 3.26. The fourth-order valence-electron chi connectivity index (χ4n) is 1.22. The van der Waals surface area contributed by atoms with Crippen LogP contribution in [0.4, 0.5) is 0 Å². The Kier molecular flexibility index (Phi) is 2.34. The normalized spacial score (nSPS) is 9.50. The molecule has 0 saturated carbocycles. The standard InChI is InChI=1S/C8H11N3O/c1-4-6-7(5-9)10-11(2)8(6)12-3/h4H2,1-3H3. The third kappa shape index (κ3) is 1.14. The van der Waals surface area contributed by atoms with Crippen LogP contribution in [-0.4, -0.2) is 16.9 Å². The van der Waals surface area contributed by atoms with Gasteiger partial charge < -0.3 is 4.74 Å². The minimum Gasteiger partial charge on any atom is -0.481 e. The van der Waals surface area contributed by atoms with Gasteiger partial charge in [0.1, 0.15) is 6.07 Å². The van der Waals surface area contributed by atoms with Crippen LogP contribution in [0.1, 0.15) is 18.2 Å². The second-order valence-corrected chi connectivity index (χ2v) is 2.43. The number of nitrogens with zero attached hydrogens (tertiary/aromatic N) is 3. The molecule has 0 spiro atoms. The summed E-state index contributed by atoms with van der Waals surface area (Å²) >= 11 is 0. The van der Waals surface area contributed by atoms with Crippen molar-refractivity contribution in [2.45, 2.75) is 13.3 Å². The highest BCUT2D eigenvalue weighted by molar-refractivity contribution is 5.38. The molecule has 1 aromatic rings. The number of aromatic nitrogens is 2. The van der Waals surface area contributed by atoms with Gasteiger partial charge in [0.15, 0.2) is 5.69 Å². The zero-order valence-electron chi connectivity index (χ0n) is 7.46. The van der Waals surface area contributed by atoms with Crippen molar-refractivity contribution in [3.63, 3.8) is 0 Å². The summed E-state index contributed by atoms with van der Waals surface area (Å²) in [5.41, 5.74) is 1.33. The van der Waals surface area contributed by atoms with E-state index in [1.807, 2.05) is 13.0 Å². The summed E-state index contributed by atoms with van der Waals surface area (Å²) in [7, 11) is 3.34. The molecule has 4 nitrogen and oxygen atoms in total. The second-order valence-electron chi connectivity index (χ2n) is 2.43. The van der Waals surface area contributed by atoms with E-state index in [2.05, 4.69) is 5.10 Å². The molecule has 0 radical (unpaired) electrons. The van der Waals surface area contributed by atoms with Gasteiger partial charge >= 0.3 is 0 Å². The molecule has 4 heteroatoms. The Hall–Kier alpha value is -1.50. The summed E-state index contributed by atoms with van der Waals surface area (Å²) in [6.07, 6.45) is 0.764. The van der Waals surface area contributed by atoms with E-state index < -0.39 is 0 Å². The number of rotatable bonds is 2. The minimum atomic E-state index is 0.455. The van der Waals surface area contributed by atoms with Crippen molar-refractivity contribution in [3.05, 3.63) is 11.3 Å². The Bertz CT molecular complexity index is 322. The summed E-state index contributed by atoms with van der Waals surface area (Å²) in [6.45, 7) is 1.97. The smallest absolute Gasteiger partial charge is 0.215 e. The van der Waals surface area contributed by atoms with E-state index in [1.54, 1.807) is 18.8 Å². The number of nitriles is 1. The van der Waals surface area contributed by atoms with E-state index in [1.165, 1.54) is 0 Å². The summed E-state index contributed by atoms with van der Waals surface area (Å²) in [6, 6.07) is 2.03. The lowest BCUT2D eigenvalue weighted by molar-refractivity contribution is 0.369. The number of aryl methyl sites for hydroxylation is 1. The van der Waals surface area contributed by atoms with E-state index in [0.717, 1.165) is 12.0 Å². The van der Waals surface area contributed by atoms with Crippen LogP contribution in [0.5, 0.6) is 5.88 Å². The van der Waals surface area contributed by atoms with Crippen LogP contribution in [0.25, 0.3) is 0 Å². The van der Waals surface area contributed by atoms with E-state index in [-0.39, 0.29) is 0 Å². The predicted molar refractivity (Wildman–Crippen MR) is 43.9 cm³/mol. The van der Waals surface area contributed by atoms with Crippen molar-refractivity contribution in [2.24, 2.45) is 7.05 Å². The first-order chi connectivity index (χ1) is 5.74. The van der Waals surface area contributed by atoms with Gasteiger partial charge in [-0.15, -0.1) is 0 Å². The summed E-state index contributed by atoms with van der Waals surface area (Å²) in [5.74, 6) is 0.675. The lowest BCUT2D eigenvalue weighted by Gasteiger charge is -2.00. The van der Waals surface area contributed by atoms with Crippen molar-refractivity contribution in [1.82, 2.24) is 9.78 Å². The average Bonchev–Trinajstić information content (AvgIpc) is 2.40. The van der Waals surface area contributed by atoms with Gasteiger partial charge in [-0.25, -0.2) is 4.68 Å². The van der Waals surface area contributed by atoms with Gasteiger partial charge in [-0.1, -0.05) is 6.92 Å².